The maximum atomic E-state index is 12.0. The van der Waals surface area contributed by atoms with Crippen LogP contribution in [0.3, 0.4) is 0 Å². The van der Waals surface area contributed by atoms with Crippen molar-refractivity contribution in [1.82, 2.24) is 0 Å². The zero-order chi connectivity index (χ0) is 12.5. The first-order chi connectivity index (χ1) is 7.99. The average Bonchev–Trinajstić information content (AvgIpc) is 2.76. The predicted molar refractivity (Wildman–Crippen MR) is 79.0 cm³/mol. The van der Waals surface area contributed by atoms with E-state index in [1.807, 2.05) is 19.1 Å². The molecule has 1 heterocycles. The maximum absolute atomic E-state index is 12.0. The third kappa shape index (κ3) is 2.99. The molecule has 0 saturated carbocycles. The van der Waals surface area contributed by atoms with Crippen LogP contribution in [-0.2, 0) is 10.0 Å². The van der Waals surface area contributed by atoms with Crippen LogP contribution in [0.25, 0.3) is 0 Å². The summed E-state index contributed by atoms with van der Waals surface area (Å²) in [6, 6.07) is 8.91. The van der Waals surface area contributed by atoms with Crippen LogP contribution in [0, 0.1) is 10.5 Å². The number of sulfonamides is 1. The van der Waals surface area contributed by atoms with Gasteiger partial charge in [-0.2, -0.15) is 0 Å². The fourth-order valence-electron chi connectivity index (χ4n) is 1.31. The largest absolute Gasteiger partial charge is 0.278 e. The third-order valence-electron chi connectivity index (χ3n) is 2.13. The van der Waals surface area contributed by atoms with Gasteiger partial charge in [-0.25, -0.2) is 8.42 Å². The minimum Gasteiger partial charge on any atom is -0.278 e. The summed E-state index contributed by atoms with van der Waals surface area (Å²) in [5.74, 6) is 0. The number of rotatable bonds is 3. The summed E-state index contributed by atoms with van der Waals surface area (Å²) in [6.07, 6.45) is 0. The summed E-state index contributed by atoms with van der Waals surface area (Å²) in [7, 11) is -3.44. The highest BCUT2D eigenvalue weighted by atomic mass is 127. The van der Waals surface area contributed by atoms with Crippen LogP contribution in [0.5, 0.6) is 0 Å². The van der Waals surface area contributed by atoms with Crippen molar-refractivity contribution in [3.63, 3.8) is 0 Å². The molecule has 3 nitrogen and oxygen atoms in total. The molecule has 17 heavy (non-hydrogen) atoms. The number of aryl methyl sites for hydroxylation is 1. The Morgan fingerprint density at radius 3 is 2.65 bits per heavy atom. The fourth-order valence-corrected chi connectivity index (χ4v) is 4.38. The van der Waals surface area contributed by atoms with Gasteiger partial charge in [0.25, 0.3) is 10.0 Å². The Morgan fingerprint density at radius 2 is 2.06 bits per heavy atom. The van der Waals surface area contributed by atoms with Crippen molar-refractivity contribution in [2.45, 2.75) is 11.1 Å². The van der Waals surface area contributed by atoms with Crippen molar-refractivity contribution < 1.29 is 8.42 Å². The molecule has 0 aliphatic heterocycles. The number of benzene rings is 1. The third-order valence-corrected chi connectivity index (χ3v) is 5.78. The Morgan fingerprint density at radius 1 is 1.29 bits per heavy atom. The van der Waals surface area contributed by atoms with E-state index in [1.165, 1.54) is 11.3 Å². The van der Waals surface area contributed by atoms with E-state index in [0.717, 1.165) is 9.13 Å². The molecular weight excluding hydrogens is 369 g/mol. The summed E-state index contributed by atoms with van der Waals surface area (Å²) in [5, 5.41) is 1.74. The van der Waals surface area contributed by atoms with E-state index >= 15 is 0 Å². The molecule has 90 valence electrons. The van der Waals surface area contributed by atoms with Crippen LogP contribution in [0.1, 0.15) is 5.56 Å². The number of thiophene rings is 1. The topological polar surface area (TPSA) is 46.2 Å². The van der Waals surface area contributed by atoms with Gasteiger partial charge < -0.3 is 0 Å². The molecule has 1 aromatic carbocycles. The van der Waals surface area contributed by atoms with Gasteiger partial charge in [-0.05, 0) is 58.7 Å². The second kappa shape index (κ2) is 4.95. The molecule has 0 aliphatic carbocycles. The second-order valence-corrected chi connectivity index (χ2v) is 7.54. The quantitative estimate of drug-likeness (QED) is 0.831. The standard InChI is InChI=1S/C11H10INO2S2/c1-8-4-5-10(9(12)7-8)13-17(14,15)11-3-2-6-16-11/h2-7,13H,1H3. The summed E-state index contributed by atoms with van der Waals surface area (Å²) in [5.41, 5.74) is 1.72. The van der Waals surface area contributed by atoms with Gasteiger partial charge in [-0.3, -0.25) is 4.72 Å². The van der Waals surface area contributed by atoms with Crippen LogP contribution in [0.4, 0.5) is 5.69 Å². The Hall–Kier alpha value is -0.600. The van der Waals surface area contributed by atoms with Gasteiger partial charge in [0.2, 0.25) is 0 Å². The summed E-state index contributed by atoms with van der Waals surface area (Å²) < 4.78 is 27.8. The minimum atomic E-state index is -3.44. The maximum Gasteiger partial charge on any atom is 0.271 e. The average molecular weight is 379 g/mol. The highest BCUT2D eigenvalue weighted by Crippen LogP contribution is 2.24. The highest BCUT2D eigenvalue weighted by Gasteiger charge is 2.16. The lowest BCUT2D eigenvalue weighted by molar-refractivity contribution is 0.603. The van der Waals surface area contributed by atoms with Gasteiger partial charge in [0.1, 0.15) is 4.21 Å². The molecule has 0 amide bonds. The molecule has 0 atom stereocenters. The van der Waals surface area contributed by atoms with E-state index in [-0.39, 0.29) is 0 Å². The monoisotopic (exact) mass is 379 g/mol. The van der Waals surface area contributed by atoms with E-state index in [2.05, 4.69) is 27.3 Å². The van der Waals surface area contributed by atoms with Crippen molar-refractivity contribution in [2.24, 2.45) is 0 Å². The lowest BCUT2D eigenvalue weighted by Crippen LogP contribution is -2.12. The van der Waals surface area contributed by atoms with Crippen molar-refractivity contribution in [3.05, 3.63) is 44.8 Å². The lowest BCUT2D eigenvalue weighted by atomic mass is 10.2. The Bertz CT molecular complexity index is 621. The number of hydrogen-bond donors (Lipinski definition) is 1. The van der Waals surface area contributed by atoms with Crippen LogP contribution in [0.2, 0.25) is 0 Å². The van der Waals surface area contributed by atoms with Gasteiger partial charge in [-0.15, -0.1) is 11.3 Å². The molecule has 0 bridgehead atoms. The number of anilines is 1. The van der Waals surface area contributed by atoms with Gasteiger partial charge >= 0.3 is 0 Å². The van der Waals surface area contributed by atoms with E-state index in [1.54, 1.807) is 23.6 Å². The van der Waals surface area contributed by atoms with E-state index in [4.69, 9.17) is 0 Å². The normalized spacial score (nSPS) is 11.4. The number of hydrogen-bond acceptors (Lipinski definition) is 3. The van der Waals surface area contributed by atoms with E-state index < -0.39 is 10.0 Å². The molecule has 2 aromatic rings. The molecule has 1 aromatic heterocycles. The number of halogens is 1. The zero-order valence-electron chi connectivity index (χ0n) is 8.98. The molecule has 0 unspecified atom stereocenters. The Labute approximate surface area is 118 Å². The zero-order valence-corrected chi connectivity index (χ0v) is 12.8. The molecule has 1 N–H and O–H groups in total. The SMILES string of the molecule is Cc1ccc(NS(=O)(=O)c2cccs2)c(I)c1. The molecular formula is C11H10INO2S2. The van der Waals surface area contributed by atoms with Gasteiger partial charge in [0, 0.05) is 3.57 Å². The van der Waals surface area contributed by atoms with Crippen molar-refractivity contribution in [2.75, 3.05) is 4.72 Å². The highest BCUT2D eigenvalue weighted by molar-refractivity contribution is 14.1. The van der Waals surface area contributed by atoms with Crippen molar-refractivity contribution >= 4 is 49.6 Å². The summed E-state index contributed by atoms with van der Waals surface area (Å²) in [4.78, 5) is 0. The first-order valence-electron chi connectivity index (χ1n) is 4.81. The van der Waals surface area contributed by atoms with Crippen molar-refractivity contribution in [3.8, 4) is 0 Å². The molecule has 0 fully saturated rings. The molecule has 2 rings (SSSR count). The Balaban J connectivity index is 2.33. The van der Waals surface area contributed by atoms with Crippen molar-refractivity contribution in [1.29, 1.82) is 0 Å². The first kappa shape index (κ1) is 12.8. The molecule has 6 heteroatoms. The molecule has 0 saturated heterocycles. The lowest BCUT2D eigenvalue weighted by Gasteiger charge is -2.08. The van der Waals surface area contributed by atoms with Gasteiger partial charge in [0.15, 0.2) is 0 Å². The van der Waals surface area contributed by atoms with Crippen LogP contribution in [0.15, 0.2) is 39.9 Å². The molecule has 0 radical (unpaired) electrons. The van der Waals surface area contributed by atoms with Gasteiger partial charge in [-0.1, -0.05) is 12.1 Å². The smallest absolute Gasteiger partial charge is 0.271 e. The predicted octanol–water partition coefficient (Wildman–Crippen LogP) is 3.46. The Kier molecular flexibility index (Phi) is 3.74. The van der Waals surface area contributed by atoms with Crippen LogP contribution in [-0.4, -0.2) is 8.42 Å². The molecule has 0 aliphatic rings. The van der Waals surface area contributed by atoms with Crippen LogP contribution < -0.4 is 4.72 Å². The molecule has 0 spiro atoms. The summed E-state index contributed by atoms with van der Waals surface area (Å²) >= 11 is 3.33. The van der Waals surface area contributed by atoms with E-state index in [9.17, 15) is 8.42 Å². The van der Waals surface area contributed by atoms with E-state index in [0.29, 0.717) is 9.90 Å². The number of nitrogens with one attached hydrogen (secondary N) is 1. The minimum absolute atomic E-state index is 0.328. The van der Waals surface area contributed by atoms with Gasteiger partial charge in [0.05, 0.1) is 5.69 Å². The second-order valence-electron chi connectivity index (χ2n) is 3.52. The first-order valence-corrected chi connectivity index (χ1v) is 8.26. The summed E-state index contributed by atoms with van der Waals surface area (Å²) in [6.45, 7) is 1.97. The fraction of sp³-hybridized carbons (Fsp3) is 0.0909. The van der Waals surface area contributed by atoms with Crippen LogP contribution >= 0.6 is 33.9 Å².